The SMILES string of the molecule is COC(=O)c1ccc(S(=O)(=O)Nc2ccncc2C)cc1OC. The summed E-state index contributed by atoms with van der Waals surface area (Å²) in [5, 5.41) is 0. The molecule has 0 atom stereocenters. The van der Waals surface area contributed by atoms with E-state index < -0.39 is 16.0 Å². The number of pyridine rings is 1. The Labute approximate surface area is 134 Å². The van der Waals surface area contributed by atoms with Gasteiger partial charge in [-0.05, 0) is 30.7 Å². The third-order valence-corrected chi connectivity index (χ3v) is 4.52. The van der Waals surface area contributed by atoms with Crippen molar-refractivity contribution in [3.8, 4) is 5.75 Å². The van der Waals surface area contributed by atoms with E-state index >= 15 is 0 Å². The number of benzene rings is 1. The van der Waals surface area contributed by atoms with Crippen molar-refractivity contribution in [2.45, 2.75) is 11.8 Å². The zero-order valence-corrected chi connectivity index (χ0v) is 13.7. The van der Waals surface area contributed by atoms with Crippen molar-refractivity contribution in [3.05, 3.63) is 47.8 Å². The van der Waals surface area contributed by atoms with Crippen LogP contribution in [0.25, 0.3) is 0 Å². The molecule has 0 spiro atoms. The van der Waals surface area contributed by atoms with E-state index in [1.54, 1.807) is 19.2 Å². The van der Waals surface area contributed by atoms with Gasteiger partial charge in [0.15, 0.2) is 0 Å². The Balaban J connectivity index is 2.41. The molecule has 0 aliphatic heterocycles. The van der Waals surface area contributed by atoms with Crippen molar-refractivity contribution in [2.24, 2.45) is 0 Å². The molecule has 2 aromatic rings. The minimum atomic E-state index is -3.83. The van der Waals surface area contributed by atoms with E-state index in [0.717, 1.165) is 0 Å². The molecule has 2 rings (SSSR count). The third kappa shape index (κ3) is 3.59. The van der Waals surface area contributed by atoms with Crippen LogP contribution in [0.15, 0.2) is 41.6 Å². The zero-order valence-electron chi connectivity index (χ0n) is 12.9. The van der Waals surface area contributed by atoms with Gasteiger partial charge in [0.1, 0.15) is 11.3 Å². The summed E-state index contributed by atoms with van der Waals surface area (Å²) in [4.78, 5) is 15.5. The fourth-order valence-electron chi connectivity index (χ4n) is 1.91. The average molecular weight is 336 g/mol. The molecule has 1 heterocycles. The van der Waals surface area contributed by atoms with Gasteiger partial charge < -0.3 is 9.47 Å². The van der Waals surface area contributed by atoms with Crippen LogP contribution in [0, 0.1) is 6.92 Å². The summed E-state index contributed by atoms with van der Waals surface area (Å²) in [5.41, 5.74) is 1.26. The van der Waals surface area contributed by atoms with Crippen molar-refractivity contribution in [2.75, 3.05) is 18.9 Å². The van der Waals surface area contributed by atoms with Gasteiger partial charge in [-0.25, -0.2) is 13.2 Å². The molecule has 1 aromatic heterocycles. The Morgan fingerprint density at radius 3 is 2.57 bits per heavy atom. The van der Waals surface area contributed by atoms with E-state index in [4.69, 9.17) is 4.74 Å². The number of rotatable bonds is 5. The normalized spacial score (nSPS) is 10.9. The maximum absolute atomic E-state index is 12.5. The predicted molar refractivity (Wildman–Crippen MR) is 84.1 cm³/mol. The summed E-state index contributed by atoms with van der Waals surface area (Å²) in [6, 6.07) is 5.49. The number of carbonyl (C=O) groups excluding carboxylic acids is 1. The number of methoxy groups -OCH3 is 2. The topological polar surface area (TPSA) is 94.6 Å². The minimum absolute atomic E-state index is 0.0294. The molecular weight excluding hydrogens is 320 g/mol. The molecule has 0 bridgehead atoms. The molecular formula is C15H16N2O5S. The van der Waals surface area contributed by atoms with Gasteiger partial charge in [-0.15, -0.1) is 0 Å². The van der Waals surface area contributed by atoms with Gasteiger partial charge in [0.25, 0.3) is 10.0 Å². The van der Waals surface area contributed by atoms with Crippen molar-refractivity contribution in [1.82, 2.24) is 4.98 Å². The van der Waals surface area contributed by atoms with E-state index in [0.29, 0.717) is 11.3 Å². The molecule has 7 nitrogen and oxygen atoms in total. The second-order valence-electron chi connectivity index (χ2n) is 4.65. The molecule has 0 saturated heterocycles. The number of hydrogen-bond acceptors (Lipinski definition) is 6. The number of ether oxygens (including phenoxy) is 2. The number of aromatic nitrogens is 1. The molecule has 23 heavy (non-hydrogen) atoms. The Hall–Kier alpha value is -2.61. The minimum Gasteiger partial charge on any atom is -0.496 e. The summed E-state index contributed by atoms with van der Waals surface area (Å²) in [6.07, 6.45) is 3.05. The summed E-state index contributed by atoms with van der Waals surface area (Å²) >= 11 is 0. The van der Waals surface area contributed by atoms with E-state index in [1.165, 1.54) is 38.6 Å². The van der Waals surface area contributed by atoms with Crippen molar-refractivity contribution in [3.63, 3.8) is 0 Å². The first-order valence-corrected chi connectivity index (χ1v) is 8.07. The fourth-order valence-corrected chi connectivity index (χ4v) is 3.05. The maximum Gasteiger partial charge on any atom is 0.341 e. The molecule has 8 heteroatoms. The number of anilines is 1. The van der Waals surface area contributed by atoms with Gasteiger partial charge in [-0.2, -0.15) is 0 Å². The van der Waals surface area contributed by atoms with Crippen LogP contribution in [0.4, 0.5) is 5.69 Å². The fraction of sp³-hybridized carbons (Fsp3) is 0.200. The zero-order chi connectivity index (χ0) is 17.0. The largest absolute Gasteiger partial charge is 0.496 e. The number of esters is 1. The number of carbonyl (C=O) groups is 1. The average Bonchev–Trinajstić information content (AvgIpc) is 2.55. The highest BCUT2D eigenvalue weighted by Crippen LogP contribution is 2.25. The number of hydrogen-bond donors (Lipinski definition) is 1. The lowest BCUT2D eigenvalue weighted by atomic mass is 10.2. The van der Waals surface area contributed by atoms with E-state index in [2.05, 4.69) is 14.4 Å². The van der Waals surface area contributed by atoms with Crippen LogP contribution in [-0.2, 0) is 14.8 Å². The molecule has 0 radical (unpaired) electrons. The molecule has 0 aliphatic rings. The van der Waals surface area contributed by atoms with Crippen molar-refractivity contribution >= 4 is 21.7 Å². The number of nitrogens with one attached hydrogen (secondary N) is 1. The van der Waals surface area contributed by atoms with Crippen molar-refractivity contribution in [1.29, 1.82) is 0 Å². The number of aryl methyl sites for hydroxylation is 1. The van der Waals surface area contributed by atoms with Crippen LogP contribution >= 0.6 is 0 Å². The van der Waals surface area contributed by atoms with E-state index in [9.17, 15) is 13.2 Å². The van der Waals surface area contributed by atoms with E-state index in [1.807, 2.05) is 0 Å². The van der Waals surface area contributed by atoms with E-state index in [-0.39, 0.29) is 16.2 Å². The van der Waals surface area contributed by atoms with Crippen LogP contribution in [-0.4, -0.2) is 33.6 Å². The first kappa shape index (κ1) is 16.8. The first-order valence-electron chi connectivity index (χ1n) is 6.59. The van der Waals surface area contributed by atoms with Crippen LogP contribution < -0.4 is 9.46 Å². The Morgan fingerprint density at radius 1 is 1.22 bits per heavy atom. The highest BCUT2D eigenvalue weighted by Gasteiger charge is 2.20. The molecule has 0 fully saturated rings. The molecule has 1 N–H and O–H groups in total. The third-order valence-electron chi connectivity index (χ3n) is 3.15. The Morgan fingerprint density at radius 2 is 1.96 bits per heavy atom. The van der Waals surface area contributed by atoms with Gasteiger partial charge >= 0.3 is 5.97 Å². The quantitative estimate of drug-likeness (QED) is 0.839. The van der Waals surface area contributed by atoms with Gasteiger partial charge in [0, 0.05) is 18.5 Å². The number of sulfonamides is 1. The molecule has 0 unspecified atom stereocenters. The molecule has 122 valence electrons. The summed E-state index contributed by atoms with van der Waals surface area (Å²) in [5.74, 6) is -0.491. The number of nitrogens with zero attached hydrogens (tertiary/aromatic N) is 1. The molecule has 0 amide bonds. The van der Waals surface area contributed by atoms with Gasteiger partial charge in [-0.1, -0.05) is 0 Å². The van der Waals surface area contributed by atoms with Gasteiger partial charge in [0.2, 0.25) is 0 Å². The van der Waals surface area contributed by atoms with Crippen LogP contribution in [0.2, 0.25) is 0 Å². The highest BCUT2D eigenvalue weighted by atomic mass is 32.2. The molecule has 1 aromatic carbocycles. The summed E-state index contributed by atoms with van der Waals surface area (Å²) in [7, 11) is -1.25. The summed E-state index contributed by atoms with van der Waals surface area (Å²) in [6.45, 7) is 1.74. The molecule has 0 saturated carbocycles. The highest BCUT2D eigenvalue weighted by molar-refractivity contribution is 7.92. The van der Waals surface area contributed by atoms with Gasteiger partial charge in [-0.3, -0.25) is 9.71 Å². The summed E-state index contributed by atoms with van der Waals surface area (Å²) < 4.78 is 37.1. The monoisotopic (exact) mass is 336 g/mol. The van der Waals surface area contributed by atoms with Crippen LogP contribution in [0.1, 0.15) is 15.9 Å². The first-order chi connectivity index (χ1) is 10.9. The van der Waals surface area contributed by atoms with Crippen LogP contribution in [0.3, 0.4) is 0 Å². The predicted octanol–water partition coefficient (Wildman–Crippen LogP) is 1.99. The smallest absolute Gasteiger partial charge is 0.341 e. The molecule has 0 aliphatic carbocycles. The lowest BCUT2D eigenvalue weighted by Gasteiger charge is -2.12. The Kier molecular flexibility index (Phi) is 4.85. The van der Waals surface area contributed by atoms with Crippen LogP contribution in [0.5, 0.6) is 5.75 Å². The second kappa shape index (κ2) is 6.66. The maximum atomic E-state index is 12.5. The second-order valence-corrected chi connectivity index (χ2v) is 6.33. The standard InChI is InChI=1S/C15H16N2O5S/c1-10-9-16-7-6-13(10)17-23(19,20)11-4-5-12(15(18)22-3)14(8-11)21-2/h4-9H,1-3H3,(H,16,17). The lowest BCUT2D eigenvalue weighted by Crippen LogP contribution is -2.14. The van der Waals surface area contributed by atoms with Gasteiger partial charge in [0.05, 0.1) is 24.8 Å². The Bertz CT molecular complexity index is 834. The lowest BCUT2D eigenvalue weighted by molar-refractivity contribution is 0.0597. The van der Waals surface area contributed by atoms with Crippen molar-refractivity contribution < 1.29 is 22.7 Å².